The van der Waals surface area contributed by atoms with Crippen LogP contribution in [0.4, 0.5) is 0 Å². The molecule has 1 atom stereocenters. The van der Waals surface area contributed by atoms with Crippen molar-refractivity contribution in [1.82, 2.24) is 0 Å². The minimum Gasteiger partial charge on any atom is -0.351 e. The zero-order chi connectivity index (χ0) is 13.2. The first kappa shape index (κ1) is 14.6. The topological polar surface area (TPSA) is 9.23 Å². The number of ether oxygens (including phenoxy) is 1. The van der Waals surface area contributed by atoms with Crippen LogP contribution < -0.4 is 0 Å². The van der Waals surface area contributed by atoms with Gasteiger partial charge in [0.25, 0.3) is 0 Å². The van der Waals surface area contributed by atoms with E-state index in [0.717, 1.165) is 25.2 Å². The third-order valence-corrected chi connectivity index (χ3v) is 7.05. The average molecular weight is 284 g/mol. The van der Waals surface area contributed by atoms with Gasteiger partial charge in [-0.2, -0.15) is 0 Å². The van der Waals surface area contributed by atoms with Crippen molar-refractivity contribution in [3.8, 4) is 12.3 Å². The van der Waals surface area contributed by atoms with Gasteiger partial charge in [0, 0.05) is 23.8 Å². The Labute approximate surface area is 120 Å². The van der Waals surface area contributed by atoms with Gasteiger partial charge < -0.3 is 4.74 Å². The Kier molecular flexibility index (Phi) is 4.62. The van der Waals surface area contributed by atoms with Crippen LogP contribution >= 0.6 is 23.5 Å². The maximum absolute atomic E-state index is 6.49. The van der Waals surface area contributed by atoms with Crippen LogP contribution in [-0.2, 0) is 4.74 Å². The first-order valence-electron chi connectivity index (χ1n) is 6.86. The summed E-state index contributed by atoms with van der Waals surface area (Å²) in [6.45, 7) is 6.92. The number of unbranched alkanes of at least 4 members (excludes halogenated alkanes) is 2. The monoisotopic (exact) mass is 284 g/mol. The fraction of sp³-hybridized carbons (Fsp3) is 0.867. The Morgan fingerprint density at radius 3 is 2.50 bits per heavy atom. The molecule has 3 heteroatoms. The standard InChI is InChI=1S/C15H24OS2/c1-5-6-7-8-9-15-16-13(14(2,3)4)12(10-17-15)11-18-15/h1,12-13H,6-11H2,2-4H3. The molecule has 0 spiro atoms. The molecule has 0 aliphatic carbocycles. The van der Waals surface area contributed by atoms with Gasteiger partial charge in [0.1, 0.15) is 0 Å². The Morgan fingerprint density at radius 2 is 1.94 bits per heavy atom. The van der Waals surface area contributed by atoms with E-state index in [4.69, 9.17) is 11.2 Å². The van der Waals surface area contributed by atoms with Gasteiger partial charge in [0.05, 0.1) is 6.10 Å². The molecule has 3 rings (SSSR count). The molecule has 18 heavy (non-hydrogen) atoms. The molecule has 3 aliphatic rings. The molecule has 3 aliphatic heterocycles. The Hall–Kier alpha value is 0.220. The largest absolute Gasteiger partial charge is 0.351 e. The van der Waals surface area contributed by atoms with Gasteiger partial charge in [-0.25, -0.2) is 0 Å². The van der Waals surface area contributed by atoms with Crippen LogP contribution in [0.25, 0.3) is 0 Å². The molecule has 2 bridgehead atoms. The van der Waals surface area contributed by atoms with E-state index < -0.39 is 0 Å². The molecule has 102 valence electrons. The van der Waals surface area contributed by atoms with E-state index in [0.29, 0.717) is 6.10 Å². The molecular weight excluding hydrogens is 260 g/mol. The quantitative estimate of drug-likeness (QED) is 0.560. The summed E-state index contributed by atoms with van der Waals surface area (Å²) in [5, 5.41) is 0. The highest BCUT2D eigenvalue weighted by Gasteiger charge is 2.51. The van der Waals surface area contributed by atoms with Crippen molar-refractivity contribution in [3.05, 3.63) is 0 Å². The number of thioether (sulfide) groups is 2. The molecule has 3 saturated heterocycles. The molecule has 0 aromatic rings. The fourth-order valence-electron chi connectivity index (χ4n) is 2.75. The van der Waals surface area contributed by atoms with Gasteiger partial charge in [-0.15, -0.1) is 35.9 Å². The van der Waals surface area contributed by atoms with E-state index in [2.05, 4.69) is 26.7 Å². The van der Waals surface area contributed by atoms with Crippen molar-refractivity contribution in [2.75, 3.05) is 11.5 Å². The Bertz CT molecular complexity index is 318. The zero-order valence-corrected chi connectivity index (χ0v) is 13.3. The maximum atomic E-state index is 6.49. The third kappa shape index (κ3) is 3.21. The van der Waals surface area contributed by atoms with E-state index >= 15 is 0 Å². The minimum absolute atomic E-state index is 0.0291. The molecule has 1 nitrogen and oxygen atoms in total. The molecule has 3 fully saturated rings. The predicted octanol–water partition coefficient (Wildman–Crippen LogP) is 4.37. The van der Waals surface area contributed by atoms with Crippen LogP contribution in [0, 0.1) is 23.7 Å². The summed E-state index contributed by atoms with van der Waals surface area (Å²) < 4.78 is 6.52. The predicted molar refractivity (Wildman–Crippen MR) is 82.8 cm³/mol. The number of rotatable bonds is 4. The fourth-order valence-corrected chi connectivity index (χ4v) is 6.08. The number of hydrogen-bond acceptors (Lipinski definition) is 3. The van der Waals surface area contributed by atoms with Crippen LogP contribution in [0.1, 0.15) is 46.5 Å². The first-order valence-corrected chi connectivity index (χ1v) is 8.83. The lowest BCUT2D eigenvalue weighted by Crippen LogP contribution is -2.53. The van der Waals surface area contributed by atoms with E-state index in [1.54, 1.807) is 0 Å². The minimum atomic E-state index is 0.0291. The van der Waals surface area contributed by atoms with Gasteiger partial charge in [-0.3, -0.25) is 0 Å². The molecule has 3 heterocycles. The second kappa shape index (κ2) is 5.69. The highest BCUT2D eigenvalue weighted by atomic mass is 32.2. The summed E-state index contributed by atoms with van der Waals surface area (Å²) in [4.78, 5) is 0. The third-order valence-electron chi connectivity index (χ3n) is 3.68. The average Bonchev–Trinajstić information content (AvgIpc) is 2.35. The first-order chi connectivity index (χ1) is 8.47. The lowest BCUT2D eigenvalue weighted by molar-refractivity contribution is -0.0875. The summed E-state index contributed by atoms with van der Waals surface area (Å²) in [6, 6.07) is 0. The van der Waals surface area contributed by atoms with E-state index in [1.807, 2.05) is 23.5 Å². The van der Waals surface area contributed by atoms with Crippen LogP contribution in [0.2, 0.25) is 0 Å². The summed E-state index contributed by atoms with van der Waals surface area (Å²) in [5.74, 6) is 5.99. The highest BCUT2D eigenvalue weighted by Crippen LogP contribution is 2.57. The van der Waals surface area contributed by atoms with Crippen molar-refractivity contribution in [2.24, 2.45) is 11.3 Å². The van der Waals surface area contributed by atoms with Gasteiger partial charge >= 0.3 is 0 Å². The van der Waals surface area contributed by atoms with Crippen molar-refractivity contribution in [3.63, 3.8) is 0 Å². The molecule has 0 aromatic carbocycles. The summed E-state index contributed by atoms with van der Waals surface area (Å²) >= 11 is 4.05. The molecular formula is C15H24OS2. The van der Waals surface area contributed by atoms with Gasteiger partial charge in [0.2, 0.25) is 0 Å². The Morgan fingerprint density at radius 1 is 1.28 bits per heavy atom. The number of fused-ring (bicyclic) bond motifs is 3. The second-order valence-corrected chi connectivity index (χ2v) is 9.20. The lowest BCUT2D eigenvalue weighted by Gasteiger charge is -2.53. The lowest BCUT2D eigenvalue weighted by atomic mass is 9.82. The molecule has 0 amide bonds. The van der Waals surface area contributed by atoms with Crippen molar-refractivity contribution in [2.45, 2.75) is 56.8 Å². The van der Waals surface area contributed by atoms with E-state index in [-0.39, 0.29) is 9.68 Å². The summed E-state index contributed by atoms with van der Waals surface area (Å²) in [6.07, 6.45) is 10.1. The molecule has 0 saturated carbocycles. The Balaban J connectivity index is 1.94. The van der Waals surface area contributed by atoms with E-state index in [1.165, 1.54) is 17.9 Å². The number of terminal acetylenes is 1. The van der Waals surface area contributed by atoms with Gasteiger partial charge in [0.15, 0.2) is 4.27 Å². The zero-order valence-electron chi connectivity index (χ0n) is 11.7. The summed E-state index contributed by atoms with van der Waals surface area (Å²) in [7, 11) is 0. The smallest absolute Gasteiger partial charge is 0.160 e. The van der Waals surface area contributed by atoms with E-state index in [9.17, 15) is 0 Å². The molecule has 0 aromatic heterocycles. The second-order valence-electron chi connectivity index (χ2n) is 6.38. The maximum Gasteiger partial charge on any atom is 0.160 e. The molecule has 1 unspecified atom stereocenters. The van der Waals surface area contributed by atoms with Gasteiger partial charge in [-0.05, 0) is 24.7 Å². The summed E-state index contributed by atoms with van der Waals surface area (Å²) in [5.41, 5.74) is 0.261. The van der Waals surface area contributed by atoms with Crippen molar-refractivity contribution >= 4 is 23.5 Å². The normalized spacial score (nSPS) is 35.4. The number of hydrogen-bond donors (Lipinski definition) is 0. The van der Waals surface area contributed by atoms with Crippen LogP contribution in [0.5, 0.6) is 0 Å². The van der Waals surface area contributed by atoms with Crippen molar-refractivity contribution in [1.29, 1.82) is 0 Å². The highest BCUT2D eigenvalue weighted by molar-refractivity contribution is 8.18. The van der Waals surface area contributed by atoms with Gasteiger partial charge in [-0.1, -0.05) is 20.8 Å². The molecule has 0 N–H and O–H groups in total. The van der Waals surface area contributed by atoms with Crippen LogP contribution in [0.3, 0.4) is 0 Å². The SMILES string of the molecule is C#CCCCCC12OC(C(C)(C)C)C(CS1)CS2. The van der Waals surface area contributed by atoms with Crippen molar-refractivity contribution < 1.29 is 4.74 Å². The molecule has 0 radical (unpaired) electrons. The van der Waals surface area contributed by atoms with Crippen LogP contribution in [0.15, 0.2) is 0 Å². The van der Waals surface area contributed by atoms with Crippen LogP contribution in [-0.4, -0.2) is 21.9 Å².